The van der Waals surface area contributed by atoms with Crippen LogP contribution < -0.4 is 11.3 Å². The van der Waals surface area contributed by atoms with Gasteiger partial charge in [-0.1, -0.05) is 0 Å². The number of aromatic nitrogens is 2. The third kappa shape index (κ3) is 0.911. The van der Waals surface area contributed by atoms with Gasteiger partial charge in [-0.3, -0.25) is 0 Å². The number of rotatable bonds is 1. The number of nitrogens with zero attached hydrogens (tertiary/aromatic N) is 2. The average Bonchev–Trinajstić information content (AvgIpc) is 2.44. The molecule has 3 N–H and O–H groups in total. The van der Waals surface area contributed by atoms with Crippen molar-refractivity contribution in [2.45, 2.75) is 6.92 Å². The van der Waals surface area contributed by atoms with E-state index < -0.39 is 0 Å². The molecular formula is C7H8N4O. The first kappa shape index (κ1) is 7.05. The molecule has 0 aliphatic heterocycles. The fraction of sp³-hybridized carbons (Fsp3) is 0.143. The fourth-order valence-electron chi connectivity index (χ4n) is 1.09. The molecule has 0 saturated heterocycles. The molecule has 0 saturated carbocycles. The van der Waals surface area contributed by atoms with Gasteiger partial charge in [-0.15, -0.1) is 0 Å². The molecule has 0 unspecified atom stereocenters. The molecule has 2 heterocycles. The highest BCUT2D eigenvalue weighted by molar-refractivity contribution is 5.85. The maximum absolute atomic E-state index is 5.26. The maximum Gasteiger partial charge on any atom is 0.231 e. The second-order valence-corrected chi connectivity index (χ2v) is 2.44. The Morgan fingerprint density at radius 2 is 2.33 bits per heavy atom. The lowest BCUT2D eigenvalue weighted by molar-refractivity contribution is 0.567. The molecule has 0 aliphatic carbocycles. The topological polar surface area (TPSA) is 77.0 Å². The number of nitrogens with two attached hydrogens (primary N) is 1. The molecule has 0 atom stereocenters. The molecular weight excluding hydrogens is 156 g/mol. The Balaban J connectivity index is 2.78. The molecule has 0 bridgehead atoms. The number of aryl methyl sites for hydroxylation is 1. The molecule has 2 aromatic rings. The third-order valence-corrected chi connectivity index (χ3v) is 1.59. The van der Waals surface area contributed by atoms with E-state index in [0.717, 1.165) is 11.1 Å². The largest absolute Gasteiger partial charge is 0.443 e. The molecule has 5 nitrogen and oxygen atoms in total. The lowest BCUT2D eigenvalue weighted by atomic mass is 10.3. The van der Waals surface area contributed by atoms with Crippen molar-refractivity contribution < 1.29 is 4.42 Å². The highest BCUT2D eigenvalue weighted by Crippen LogP contribution is 2.21. The molecule has 0 spiro atoms. The quantitative estimate of drug-likeness (QED) is 0.482. The maximum atomic E-state index is 5.26. The van der Waals surface area contributed by atoms with Crippen molar-refractivity contribution in [2.24, 2.45) is 5.84 Å². The first-order chi connectivity index (χ1) is 5.81. The van der Waals surface area contributed by atoms with Gasteiger partial charge < -0.3 is 9.84 Å². The van der Waals surface area contributed by atoms with Crippen LogP contribution in [0.3, 0.4) is 0 Å². The Hall–Kier alpha value is -1.62. The van der Waals surface area contributed by atoms with E-state index in [9.17, 15) is 0 Å². The molecule has 0 aliphatic rings. The number of furan rings is 1. The van der Waals surface area contributed by atoms with E-state index in [0.29, 0.717) is 11.5 Å². The Bertz CT molecular complexity index is 409. The minimum absolute atomic E-state index is 0.551. The van der Waals surface area contributed by atoms with Crippen LogP contribution in [0.1, 0.15) is 5.76 Å². The van der Waals surface area contributed by atoms with Gasteiger partial charge >= 0.3 is 0 Å². The van der Waals surface area contributed by atoms with Crippen LogP contribution >= 0.6 is 0 Å². The SMILES string of the molecule is Cc1cc2c(NN)ncnc2o1. The van der Waals surface area contributed by atoms with Crippen LogP contribution in [-0.4, -0.2) is 9.97 Å². The van der Waals surface area contributed by atoms with Gasteiger partial charge in [-0.05, 0) is 13.0 Å². The van der Waals surface area contributed by atoms with Gasteiger partial charge in [-0.25, -0.2) is 15.8 Å². The molecule has 0 radical (unpaired) electrons. The Kier molecular flexibility index (Phi) is 1.44. The van der Waals surface area contributed by atoms with E-state index in [1.54, 1.807) is 0 Å². The summed E-state index contributed by atoms with van der Waals surface area (Å²) in [7, 11) is 0. The summed E-state index contributed by atoms with van der Waals surface area (Å²) < 4.78 is 5.26. The van der Waals surface area contributed by atoms with Gasteiger partial charge in [0.2, 0.25) is 5.71 Å². The summed E-state index contributed by atoms with van der Waals surface area (Å²) in [5.74, 6) is 6.62. The predicted molar refractivity (Wildman–Crippen MR) is 44.4 cm³/mol. The molecule has 2 aromatic heterocycles. The van der Waals surface area contributed by atoms with Crippen molar-refractivity contribution in [1.82, 2.24) is 9.97 Å². The number of nitrogens with one attached hydrogen (secondary N) is 1. The van der Waals surface area contributed by atoms with Gasteiger partial charge in [0, 0.05) is 0 Å². The molecule has 5 heteroatoms. The van der Waals surface area contributed by atoms with E-state index in [4.69, 9.17) is 10.3 Å². The summed E-state index contributed by atoms with van der Waals surface area (Å²) in [6, 6.07) is 1.84. The van der Waals surface area contributed by atoms with Crippen molar-refractivity contribution >= 4 is 16.9 Å². The summed E-state index contributed by atoms with van der Waals surface area (Å²) in [5.41, 5.74) is 3.02. The zero-order chi connectivity index (χ0) is 8.55. The van der Waals surface area contributed by atoms with Crippen molar-refractivity contribution in [2.75, 3.05) is 5.43 Å². The summed E-state index contributed by atoms with van der Waals surface area (Å²) >= 11 is 0. The lowest BCUT2D eigenvalue weighted by Gasteiger charge is -1.96. The molecule has 0 amide bonds. The summed E-state index contributed by atoms with van der Waals surface area (Å²) in [5, 5.41) is 0.803. The Morgan fingerprint density at radius 3 is 3.08 bits per heavy atom. The zero-order valence-corrected chi connectivity index (χ0v) is 6.53. The summed E-state index contributed by atoms with van der Waals surface area (Å²) in [6.07, 6.45) is 1.40. The number of hydrogen-bond donors (Lipinski definition) is 2. The van der Waals surface area contributed by atoms with Crippen LogP contribution in [0.25, 0.3) is 11.1 Å². The average molecular weight is 164 g/mol. The van der Waals surface area contributed by atoms with Crippen LogP contribution in [0.2, 0.25) is 0 Å². The number of hydrazine groups is 1. The zero-order valence-electron chi connectivity index (χ0n) is 6.53. The highest BCUT2D eigenvalue weighted by Gasteiger charge is 2.05. The first-order valence-electron chi connectivity index (χ1n) is 3.49. The predicted octanol–water partition coefficient (Wildman–Crippen LogP) is 0.817. The highest BCUT2D eigenvalue weighted by atomic mass is 16.3. The van der Waals surface area contributed by atoms with Gasteiger partial charge in [0.1, 0.15) is 12.1 Å². The van der Waals surface area contributed by atoms with Crippen LogP contribution in [0.5, 0.6) is 0 Å². The molecule has 2 rings (SSSR count). The molecule has 62 valence electrons. The van der Waals surface area contributed by atoms with Gasteiger partial charge in [0.25, 0.3) is 0 Å². The Labute approximate surface area is 68.6 Å². The van der Waals surface area contributed by atoms with E-state index in [2.05, 4.69) is 15.4 Å². The minimum atomic E-state index is 0.551. The molecule has 12 heavy (non-hydrogen) atoms. The lowest BCUT2D eigenvalue weighted by Crippen LogP contribution is -2.08. The molecule has 0 aromatic carbocycles. The van der Waals surface area contributed by atoms with Crippen LogP contribution in [0.15, 0.2) is 16.8 Å². The summed E-state index contributed by atoms with van der Waals surface area (Å²) in [4.78, 5) is 7.87. The number of hydrogen-bond acceptors (Lipinski definition) is 5. The van der Waals surface area contributed by atoms with Crippen molar-refractivity contribution in [3.63, 3.8) is 0 Å². The first-order valence-corrected chi connectivity index (χ1v) is 3.49. The van der Waals surface area contributed by atoms with Crippen LogP contribution in [-0.2, 0) is 0 Å². The third-order valence-electron chi connectivity index (χ3n) is 1.59. The van der Waals surface area contributed by atoms with E-state index >= 15 is 0 Å². The standard InChI is InChI=1S/C7H8N4O/c1-4-2-5-6(11-8)9-3-10-7(5)12-4/h2-3H,8H2,1H3,(H,9,10,11). The summed E-state index contributed by atoms with van der Waals surface area (Å²) in [6.45, 7) is 1.85. The fourth-order valence-corrected chi connectivity index (χ4v) is 1.09. The number of nitrogen functional groups attached to an aromatic ring is 1. The van der Waals surface area contributed by atoms with Gasteiger partial charge in [0.05, 0.1) is 5.39 Å². The Morgan fingerprint density at radius 1 is 1.50 bits per heavy atom. The number of anilines is 1. The minimum Gasteiger partial charge on any atom is -0.443 e. The van der Waals surface area contributed by atoms with Gasteiger partial charge in [0.15, 0.2) is 5.82 Å². The van der Waals surface area contributed by atoms with Crippen molar-refractivity contribution in [3.8, 4) is 0 Å². The van der Waals surface area contributed by atoms with Crippen LogP contribution in [0.4, 0.5) is 5.82 Å². The van der Waals surface area contributed by atoms with Crippen molar-refractivity contribution in [1.29, 1.82) is 0 Å². The van der Waals surface area contributed by atoms with E-state index in [-0.39, 0.29) is 0 Å². The molecule has 0 fully saturated rings. The van der Waals surface area contributed by atoms with E-state index in [1.165, 1.54) is 6.33 Å². The monoisotopic (exact) mass is 164 g/mol. The smallest absolute Gasteiger partial charge is 0.231 e. The number of fused-ring (bicyclic) bond motifs is 1. The van der Waals surface area contributed by atoms with E-state index in [1.807, 2.05) is 13.0 Å². The van der Waals surface area contributed by atoms with Crippen LogP contribution in [0, 0.1) is 6.92 Å². The second-order valence-electron chi connectivity index (χ2n) is 2.44. The van der Waals surface area contributed by atoms with Crippen molar-refractivity contribution in [3.05, 3.63) is 18.2 Å². The normalized spacial score (nSPS) is 10.5. The second kappa shape index (κ2) is 2.46. The van der Waals surface area contributed by atoms with Gasteiger partial charge in [-0.2, -0.15) is 0 Å².